The van der Waals surface area contributed by atoms with E-state index in [1.165, 1.54) is 23.9 Å². The van der Waals surface area contributed by atoms with E-state index in [0.29, 0.717) is 10.7 Å². The van der Waals surface area contributed by atoms with Gasteiger partial charge in [0.25, 0.3) is 0 Å². The maximum atomic E-state index is 9.39. The predicted molar refractivity (Wildman–Crippen MR) is 92.6 cm³/mol. The Morgan fingerprint density at radius 1 is 1.14 bits per heavy atom. The van der Waals surface area contributed by atoms with Crippen LogP contribution in [0.25, 0.3) is 0 Å². The Hall–Kier alpha value is -2.60. The van der Waals surface area contributed by atoms with Crippen molar-refractivity contribution in [3.8, 4) is 11.5 Å². The maximum Gasteiger partial charge on any atom is 0.191 e. The maximum absolute atomic E-state index is 9.39. The van der Waals surface area contributed by atoms with Gasteiger partial charge in [-0.05, 0) is 67.0 Å². The minimum Gasteiger partial charge on any atom is -0.504 e. The lowest BCUT2D eigenvalue weighted by atomic mass is 10.1. The molecule has 0 radical (unpaired) electrons. The first-order valence-corrected chi connectivity index (χ1v) is 7.06. The Morgan fingerprint density at radius 3 is 2.64 bits per heavy atom. The van der Waals surface area contributed by atoms with Crippen LogP contribution in [0, 0.1) is 13.8 Å². The number of hydrogen-bond acceptors (Lipinski definition) is 4. The van der Waals surface area contributed by atoms with E-state index >= 15 is 0 Å². The lowest BCUT2D eigenvalue weighted by molar-refractivity contribution is 0.403. The summed E-state index contributed by atoms with van der Waals surface area (Å²) in [6.45, 7) is 4.05. The highest BCUT2D eigenvalue weighted by Crippen LogP contribution is 2.24. The van der Waals surface area contributed by atoms with Crippen LogP contribution in [0.3, 0.4) is 0 Å². The van der Waals surface area contributed by atoms with Crippen molar-refractivity contribution in [1.29, 1.82) is 0 Å². The van der Waals surface area contributed by atoms with E-state index in [9.17, 15) is 10.2 Å². The Bertz CT molecular complexity index is 729. The van der Waals surface area contributed by atoms with Crippen molar-refractivity contribution < 1.29 is 10.2 Å². The lowest BCUT2D eigenvalue weighted by Gasteiger charge is -2.11. The number of rotatable bonds is 3. The molecular weight excluding hydrogens is 298 g/mol. The molecule has 2 aromatic carbocycles. The van der Waals surface area contributed by atoms with Gasteiger partial charge in [-0.2, -0.15) is 5.10 Å². The first-order valence-electron chi connectivity index (χ1n) is 6.65. The molecule has 0 saturated carbocycles. The van der Waals surface area contributed by atoms with Gasteiger partial charge in [0.2, 0.25) is 0 Å². The van der Waals surface area contributed by atoms with E-state index in [4.69, 9.17) is 12.2 Å². The number of thiocarbonyl (C=S) groups is 1. The van der Waals surface area contributed by atoms with E-state index in [-0.39, 0.29) is 11.5 Å². The van der Waals surface area contributed by atoms with Gasteiger partial charge in [-0.15, -0.1) is 0 Å². The highest BCUT2D eigenvalue weighted by molar-refractivity contribution is 7.80. The number of hydrogen-bond donors (Lipinski definition) is 4. The lowest BCUT2D eigenvalue weighted by Crippen LogP contribution is -2.24. The summed E-state index contributed by atoms with van der Waals surface area (Å²) in [5.74, 6) is -0.364. The molecule has 0 unspecified atom stereocenters. The van der Waals surface area contributed by atoms with E-state index in [0.717, 1.165) is 11.3 Å². The summed E-state index contributed by atoms with van der Waals surface area (Å²) < 4.78 is 0. The number of nitrogens with zero attached hydrogens (tertiary/aromatic N) is 1. The number of phenols is 2. The van der Waals surface area contributed by atoms with Crippen molar-refractivity contribution in [2.75, 3.05) is 5.32 Å². The summed E-state index contributed by atoms with van der Waals surface area (Å²) in [5.41, 5.74) is 6.57. The third kappa shape index (κ3) is 3.95. The van der Waals surface area contributed by atoms with Crippen molar-refractivity contribution in [3.05, 3.63) is 53.1 Å². The molecule has 0 bridgehead atoms. The van der Waals surface area contributed by atoms with Crippen molar-refractivity contribution in [2.24, 2.45) is 5.10 Å². The van der Waals surface area contributed by atoms with Gasteiger partial charge in [0, 0.05) is 5.69 Å². The molecule has 0 aliphatic heterocycles. The largest absolute Gasteiger partial charge is 0.504 e. The highest BCUT2D eigenvalue weighted by atomic mass is 32.1. The van der Waals surface area contributed by atoms with Crippen LogP contribution in [-0.2, 0) is 0 Å². The van der Waals surface area contributed by atoms with Crippen LogP contribution in [0.2, 0.25) is 0 Å². The van der Waals surface area contributed by atoms with Gasteiger partial charge in [-0.1, -0.05) is 12.1 Å². The zero-order valence-corrected chi connectivity index (χ0v) is 13.1. The van der Waals surface area contributed by atoms with Crippen molar-refractivity contribution in [3.63, 3.8) is 0 Å². The number of hydrazone groups is 1. The number of nitrogens with one attached hydrogen (secondary N) is 2. The minimum atomic E-state index is -0.194. The molecule has 0 saturated heterocycles. The molecule has 0 spiro atoms. The van der Waals surface area contributed by atoms with E-state index in [1.807, 2.05) is 32.0 Å². The van der Waals surface area contributed by atoms with Crippen LogP contribution in [0.5, 0.6) is 11.5 Å². The Balaban J connectivity index is 1.96. The van der Waals surface area contributed by atoms with Crippen molar-refractivity contribution >= 4 is 29.2 Å². The summed E-state index contributed by atoms with van der Waals surface area (Å²) in [4.78, 5) is 0. The summed E-state index contributed by atoms with van der Waals surface area (Å²) in [5, 5.41) is 26.1. The second-order valence-corrected chi connectivity index (χ2v) is 5.23. The van der Waals surface area contributed by atoms with Crippen LogP contribution in [0.4, 0.5) is 5.69 Å². The third-order valence-corrected chi connectivity index (χ3v) is 3.43. The topological polar surface area (TPSA) is 76.9 Å². The van der Waals surface area contributed by atoms with E-state index in [1.54, 1.807) is 6.07 Å². The van der Waals surface area contributed by atoms with Crippen LogP contribution < -0.4 is 10.7 Å². The minimum absolute atomic E-state index is 0.169. The van der Waals surface area contributed by atoms with Crippen LogP contribution in [-0.4, -0.2) is 21.5 Å². The molecule has 5 nitrogen and oxygen atoms in total. The fourth-order valence-corrected chi connectivity index (χ4v) is 1.99. The second-order valence-electron chi connectivity index (χ2n) is 4.82. The molecule has 22 heavy (non-hydrogen) atoms. The molecule has 2 rings (SSSR count). The molecule has 0 amide bonds. The Kier molecular flexibility index (Phi) is 4.95. The molecule has 4 N–H and O–H groups in total. The van der Waals surface area contributed by atoms with Gasteiger partial charge in [-0.3, -0.25) is 5.43 Å². The van der Waals surface area contributed by atoms with Gasteiger partial charge in [0.05, 0.1) is 6.21 Å². The average Bonchev–Trinajstić information content (AvgIpc) is 2.48. The molecule has 0 heterocycles. The number of aryl methyl sites for hydroxylation is 1. The van der Waals surface area contributed by atoms with Crippen LogP contribution in [0.15, 0.2) is 41.5 Å². The van der Waals surface area contributed by atoms with Gasteiger partial charge < -0.3 is 15.5 Å². The fourth-order valence-electron chi connectivity index (χ4n) is 1.82. The molecule has 0 aromatic heterocycles. The van der Waals surface area contributed by atoms with E-state index < -0.39 is 0 Å². The average molecular weight is 315 g/mol. The molecule has 2 aromatic rings. The monoisotopic (exact) mass is 315 g/mol. The Labute approximate surface area is 134 Å². The number of aromatic hydroxyl groups is 2. The fraction of sp³-hybridized carbons (Fsp3) is 0.125. The number of anilines is 1. The zero-order chi connectivity index (χ0) is 16.1. The van der Waals surface area contributed by atoms with Gasteiger partial charge in [0.15, 0.2) is 16.6 Å². The third-order valence-electron chi connectivity index (χ3n) is 3.23. The first kappa shape index (κ1) is 15.8. The van der Waals surface area contributed by atoms with Gasteiger partial charge in [0.1, 0.15) is 0 Å². The van der Waals surface area contributed by atoms with Crippen LogP contribution in [0.1, 0.15) is 16.7 Å². The van der Waals surface area contributed by atoms with Gasteiger partial charge in [-0.25, -0.2) is 0 Å². The number of phenolic OH excluding ortho intramolecular Hbond substituents is 2. The predicted octanol–water partition coefficient (Wildman–Crippen LogP) is 3.04. The summed E-state index contributed by atoms with van der Waals surface area (Å²) in [6, 6.07) is 10.4. The van der Waals surface area contributed by atoms with E-state index in [2.05, 4.69) is 15.8 Å². The molecule has 0 aliphatic carbocycles. The summed E-state index contributed by atoms with van der Waals surface area (Å²) >= 11 is 5.18. The highest BCUT2D eigenvalue weighted by Gasteiger charge is 2.02. The smallest absolute Gasteiger partial charge is 0.191 e. The van der Waals surface area contributed by atoms with Crippen molar-refractivity contribution in [2.45, 2.75) is 13.8 Å². The molecule has 114 valence electrons. The van der Waals surface area contributed by atoms with Gasteiger partial charge >= 0.3 is 0 Å². The van der Waals surface area contributed by atoms with Crippen molar-refractivity contribution in [1.82, 2.24) is 5.43 Å². The standard InChI is InChI=1S/C16H17N3O2S/c1-10-4-3-5-13(11(10)2)18-16(22)19-17-9-12-6-7-14(20)15(21)8-12/h3-9,20-21H,1-2H3,(H2,18,19,22)/b17-9+. The summed E-state index contributed by atoms with van der Waals surface area (Å²) in [6.07, 6.45) is 1.50. The molecule has 0 atom stereocenters. The second kappa shape index (κ2) is 6.91. The quantitative estimate of drug-likeness (QED) is 0.303. The molecular formula is C16H17N3O2S. The SMILES string of the molecule is Cc1cccc(NC(=S)N/N=C/c2ccc(O)c(O)c2)c1C. The Morgan fingerprint density at radius 2 is 1.91 bits per heavy atom. The number of benzene rings is 2. The summed E-state index contributed by atoms with van der Waals surface area (Å²) in [7, 11) is 0. The molecule has 0 aliphatic rings. The zero-order valence-electron chi connectivity index (χ0n) is 12.3. The van der Waals surface area contributed by atoms with Crippen LogP contribution >= 0.6 is 12.2 Å². The molecule has 0 fully saturated rings. The molecule has 6 heteroatoms. The normalized spacial score (nSPS) is 10.6. The first-order chi connectivity index (χ1) is 10.5.